The van der Waals surface area contributed by atoms with Gasteiger partial charge in [-0.3, -0.25) is 14.1 Å². The molecule has 3 N–H and O–H groups in total. The second-order valence-electron chi connectivity index (χ2n) is 5.36. The van der Waals surface area contributed by atoms with Crippen LogP contribution < -0.4 is 5.84 Å². The fourth-order valence-electron chi connectivity index (χ4n) is 2.71. The maximum Gasteiger partial charge on any atom is 0.418 e. The van der Waals surface area contributed by atoms with E-state index in [1.165, 1.54) is 0 Å². The smallest absolute Gasteiger partial charge is 0.309 e. The molecule has 130 valence electrons. The molecule has 23 heavy (non-hydrogen) atoms. The van der Waals surface area contributed by atoms with Crippen molar-refractivity contribution in [2.45, 2.75) is 44.7 Å². The summed E-state index contributed by atoms with van der Waals surface area (Å²) in [6.07, 6.45) is 1.09. The van der Waals surface area contributed by atoms with Crippen LogP contribution in [0, 0.1) is 0 Å². The number of hydrogen-bond donors (Lipinski definition) is 2. The Morgan fingerprint density at radius 3 is 2.65 bits per heavy atom. The van der Waals surface area contributed by atoms with E-state index >= 15 is 0 Å². The SMILES string of the molecule is CCCC(=O)N(N)C(=O)[C@@H]1CC[C@@H]2CN1C(=O)N2OS(=O)(=O)O. The predicted molar refractivity (Wildman–Crippen MR) is 74.3 cm³/mol. The Labute approximate surface area is 132 Å². The summed E-state index contributed by atoms with van der Waals surface area (Å²) in [5, 5.41) is 1.02. The molecule has 2 saturated heterocycles. The van der Waals surface area contributed by atoms with Crippen molar-refractivity contribution in [1.82, 2.24) is 15.0 Å². The molecule has 2 atom stereocenters. The summed E-state index contributed by atoms with van der Waals surface area (Å²) in [5.74, 6) is 4.22. The van der Waals surface area contributed by atoms with Gasteiger partial charge in [-0.2, -0.15) is 13.5 Å². The monoisotopic (exact) mass is 350 g/mol. The number of hydroxylamine groups is 2. The van der Waals surface area contributed by atoms with E-state index in [-0.39, 0.29) is 25.8 Å². The van der Waals surface area contributed by atoms with Crippen LogP contribution in [0.25, 0.3) is 0 Å². The number of urea groups is 1. The third kappa shape index (κ3) is 3.60. The zero-order valence-corrected chi connectivity index (χ0v) is 13.2. The van der Waals surface area contributed by atoms with Gasteiger partial charge in [0, 0.05) is 13.0 Å². The number of nitrogens with zero attached hydrogens (tertiary/aromatic N) is 3. The number of amides is 4. The number of nitrogens with two attached hydrogens (primary N) is 1. The highest BCUT2D eigenvalue weighted by molar-refractivity contribution is 7.80. The number of carbonyl (C=O) groups is 3. The van der Waals surface area contributed by atoms with Crippen molar-refractivity contribution in [3.05, 3.63) is 0 Å². The molecule has 0 spiro atoms. The van der Waals surface area contributed by atoms with Gasteiger partial charge in [-0.15, -0.1) is 4.28 Å². The number of piperidine rings is 1. The third-order valence-electron chi connectivity index (χ3n) is 3.75. The lowest BCUT2D eigenvalue weighted by molar-refractivity contribution is -0.148. The number of fused-ring (bicyclic) bond motifs is 2. The Hall–Kier alpha value is -1.76. The van der Waals surface area contributed by atoms with Crippen LogP contribution in [0.4, 0.5) is 4.79 Å². The van der Waals surface area contributed by atoms with Crippen molar-refractivity contribution in [2.24, 2.45) is 5.84 Å². The molecule has 12 heteroatoms. The molecule has 2 aliphatic rings. The first-order valence-electron chi connectivity index (χ1n) is 7.04. The van der Waals surface area contributed by atoms with E-state index in [0.29, 0.717) is 16.5 Å². The lowest BCUT2D eigenvalue weighted by atomic mass is 10.00. The van der Waals surface area contributed by atoms with Crippen molar-refractivity contribution < 1.29 is 31.6 Å². The van der Waals surface area contributed by atoms with E-state index in [1.807, 2.05) is 0 Å². The molecule has 4 amide bonds. The Balaban J connectivity index is 2.12. The van der Waals surface area contributed by atoms with E-state index in [0.717, 1.165) is 4.90 Å². The van der Waals surface area contributed by atoms with Crippen molar-refractivity contribution >= 4 is 28.2 Å². The summed E-state index contributed by atoms with van der Waals surface area (Å²) in [7, 11) is -4.85. The Bertz CT molecular complexity index is 622. The number of rotatable bonds is 5. The van der Waals surface area contributed by atoms with Crippen LogP contribution in [0.2, 0.25) is 0 Å². The average molecular weight is 350 g/mol. The summed E-state index contributed by atoms with van der Waals surface area (Å²) >= 11 is 0. The standard InChI is InChI=1S/C11H18N4O7S/c1-2-3-9(16)14(12)10(17)8-5-4-7-6-13(8)11(18)15(7)22-23(19,20)21/h7-8H,2-6,12H2,1H3,(H,19,20,21)/t7-,8+/m1/s1. The molecule has 11 nitrogen and oxygen atoms in total. The molecule has 0 aromatic heterocycles. The van der Waals surface area contributed by atoms with Crippen LogP contribution in [0.15, 0.2) is 0 Å². The fourth-order valence-corrected chi connectivity index (χ4v) is 3.09. The zero-order valence-electron chi connectivity index (χ0n) is 12.4. The molecule has 2 rings (SSSR count). The van der Waals surface area contributed by atoms with Gasteiger partial charge in [-0.25, -0.2) is 15.6 Å². The van der Waals surface area contributed by atoms with Gasteiger partial charge in [-0.1, -0.05) is 6.92 Å². The van der Waals surface area contributed by atoms with Crippen molar-refractivity contribution in [2.75, 3.05) is 6.54 Å². The van der Waals surface area contributed by atoms with E-state index in [9.17, 15) is 22.8 Å². The normalized spacial score (nSPS) is 24.0. The largest absolute Gasteiger partial charge is 0.418 e. The average Bonchev–Trinajstić information content (AvgIpc) is 2.70. The third-order valence-corrected chi connectivity index (χ3v) is 4.10. The summed E-state index contributed by atoms with van der Waals surface area (Å²) in [4.78, 5) is 37.2. The predicted octanol–water partition coefficient (Wildman–Crippen LogP) is -0.982. The maximum atomic E-state index is 12.3. The molecule has 0 aromatic rings. The highest BCUT2D eigenvalue weighted by Crippen LogP contribution is 2.31. The van der Waals surface area contributed by atoms with Crippen LogP contribution in [0.5, 0.6) is 0 Å². The summed E-state index contributed by atoms with van der Waals surface area (Å²) < 4.78 is 34.5. The lowest BCUT2D eigenvalue weighted by Crippen LogP contribution is -2.55. The topological polar surface area (TPSA) is 151 Å². The first-order chi connectivity index (χ1) is 10.7. The lowest BCUT2D eigenvalue weighted by Gasteiger charge is -2.31. The van der Waals surface area contributed by atoms with Gasteiger partial charge in [0.05, 0.1) is 6.04 Å². The molecule has 2 fully saturated rings. The van der Waals surface area contributed by atoms with Crippen LogP contribution in [-0.4, -0.2) is 64.4 Å². The zero-order chi connectivity index (χ0) is 17.4. The highest BCUT2D eigenvalue weighted by atomic mass is 32.3. The van der Waals surface area contributed by atoms with Gasteiger partial charge in [0.2, 0.25) is 5.91 Å². The summed E-state index contributed by atoms with van der Waals surface area (Å²) in [6, 6.07) is -2.45. The van der Waals surface area contributed by atoms with Gasteiger partial charge in [0.15, 0.2) is 0 Å². The van der Waals surface area contributed by atoms with E-state index in [2.05, 4.69) is 4.28 Å². The van der Waals surface area contributed by atoms with Crippen molar-refractivity contribution in [3.8, 4) is 0 Å². The van der Waals surface area contributed by atoms with Crippen LogP contribution in [0.3, 0.4) is 0 Å². The van der Waals surface area contributed by atoms with E-state index < -0.39 is 40.3 Å². The van der Waals surface area contributed by atoms with Gasteiger partial charge in [0.1, 0.15) is 6.04 Å². The number of carbonyl (C=O) groups excluding carboxylic acids is 3. The Morgan fingerprint density at radius 1 is 1.43 bits per heavy atom. The number of hydrazine groups is 1. The molecular formula is C11H18N4O7S. The Morgan fingerprint density at radius 2 is 2.09 bits per heavy atom. The van der Waals surface area contributed by atoms with E-state index in [1.54, 1.807) is 6.92 Å². The molecule has 0 aliphatic carbocycles. The second-order valence-corrected chi connectivity index (χ2v) is 6.37. The van der Waals surface area contributed by atoms with Gasteiger partial charge in [0.25, 0.3) is 5.91 Å². The second kappa shape index (κ2) is 6.39. The Kier molecular flexibility index (Phi) is 4.89. The fraction of sp³-hybridized carbons (Fsp3) is 0.727. The summed E-state index contributed by atoms with van der Waals surface area (Å²) in [6.45, 7) is 1.80. The maximum absolute atomic E-state index is 12.3. The number of hydrogen-bond acceptors (Lipinski definition) is 7. The minimum atomic E-state index is -4.85. The first-order valence-corrected chi connectivity index (χ1v) is 8.40. The molecule has 2 bridgehead atoms. The molecule has 0 radical (unpaired) electrons. The molecule has 0 unspecified atom stereocenters. The minimum absolute atomic E-state index is 0.0422. The molecule has 0 saturated carbocycles. The van der Waals surface area contributed by atoms with Crippen LogP contribution >= 0.6 is 0 Å². The first kappa shape index (κ1) is 17.6. The van der Waals surface area contributed by atoms with Gasteiger partial charge < -0.3 is 4.90 Å². The van der Waals surface area contributed by atoms with Gasteiger partial charge in [-0.05, 0) is 19.3 Å². The molecule has 0 aromatic carbocycles. The van der Waals surface area contributed by atoms with Crippen LogP contribution in [-0.2, 0) is 24.3 Å². The number of imide groups is 1. The van der Waals surface area contributed by atoms with Gasteiger partial charge >= 0.3 is 16.4 Å². The highest BCUT2D eigenvalue weighted by Gasteiger charge is 2.50. The quantitative estimate of drug-likeness (QED) is 0.278. The minimum Gasteiger partial charge on any atom is -0.309 e. The summed E-state index contributed by atoms with van der Waals surface area (Å²) in [5.41, 5.74) is 0. The molecular weight excluding hydrogens is 332 g/mol. The van der Waals surface area contributed by atoms with Crippen molar-refractivity contribution in [3.63, 3.8) is 0 Å². The van der Waals surface area contributed by atoms with Crippen molar-refractivity contribution in [1.29, 1.82) is 0 Å². The van der Waals surface area contributed by atoms with Crippen LogP contribution in [0.1, 0.15) is 32.6 Å². The van der Waals surface area contributed by atoms with E-state index in [4.69, 9.17) is 10.4 Å². The molecule has 2 aliphatic heterocycles. The molecule has 2 heterocycles.